The molecule has 0 aliphatic rings. The number of benzene rings is 2. The van der Waals surface area contributed by atoms with Crippen molar-refractivity contribution in [3.8, 4) is 17.1 Å². The Balaban J connectivity index is 2.15. The standard InChI is InChI=1S/C19H21FN4O/c1-12(21)9-10-24(2)19-15-11-13(20)7-8-16(15)22-18(23-19)14-5-3-4-6-17(14)25/h3-8,11-12,25H,9-10,21H2,1-2H3. The van der Waals surface area contributed by atoms with E-state index in [1.165, 1.54) is 12.1 Å². The summed E-state index contributed by atoms with van der Waals surface area (Å²) in [4.78, 5) is 11.0. The summed E-state index contributed by atoms with van der Waals surface area (Å²) in [5.74, 6) is 0.782. The molecule has 0 amide bonds. The number of aromatic hydroxyl groups is 1. The predicted molar refractivity (Wildman–Crippen MR) is 98.1 cm³/mol. The minimum atomic E-state index is -0.340. The molecule has 0 bridgehead atoms. The Morgan fingerprint density at radius 2 is 1.96 bits per heavy atom. The fourth-order valence-electron chi connectivity index (χ4n) is 2.66. The van der Waals surface area contributed by atoms with Gasteiger partial charge in [-0.15, -0.1) is 0 Å². The Bertz CT molecular complexity index is 898. The summed E-state index contributed by atoms with van der Waals surface area (Å²) in [6.45, 7) is 2.62. The molecule has 1 unspecified atom stereocenters. The van der Waals surface area contributed by atoms with Gasteiger partial charge in [-0.25, -0.2) is 14.4 Å². The SMILES string of the molecule is CC(N)CCN(C)c1nc(-c2ccccc2O)nc2ccc(F)cc12. The van der Waals surface area contributed by atoms with Crippen molar-refractivity contribution in [1.82, 2.24) is 9.97 Å². The number of aromatic nitrogens is 2. The van der Waals surface area contributed by atoms with E-state index in [4.69, 9.17) is 5.73 Å². The molecule has 0 aliphatic carbocycles. The zero-order valence-electron chi connectivity index (χ0n) is 14.3. The van der Waals surface area contributed by atoms with Crippen molar-refractivity contribution in [2.45, 2.75) is 19.4 Å². The van der Waals surface area contributed by atoms with Gasteiger partial charge in [0.2, 0.25) is 0 Å². The molecule has 3 aromatic rings. The minimum Gasteiger partial charge on any atom is -0.507 e. The van der Waals surface area contributed by atoms with Crippen molar-refractivity contribution >= 4 is 16.7 Å². The van der Waals surface area contributed by atoms with Gasteiger partial charge in [-0.05, 0) is 43.7 Å². The maximum atomic E-state index is 13.7. The molecule has 1 atom stereocenters. The lowest BCUT2D eigenvalue weighted by atomic mass is 10.1. The Hall–Kier alpha value is -2.73. The molecule has 5 nitrogen and oxygen atoms in total. The quantitative estimate of drug-likeness (QED) is 0.745. The van der Waals surface area contributed by atoms with Gasteiger partial charge < -0.3 is 15.7 Å². The second-order valence-electron chi connectivity index (χ2n) is 6.24. The van der Waals surface area contributed by atoms with Gasteiger partial charge in [0.1, 0.15) is 17.4 Å². The van der Waals surface area contributed by atoms with Crippen LogP contribution in [0.2, 0.25) is 0 Å². The zero-order chi connectivity index (χ0) is 18.0. The molecule has 1 heterocycles. The number of fused-ring (bicyclic) bond motifs is 1. The first kappa shape index (κ1) is 17.1. The van der Waals surface area contributed by atoms with Crippen molar-refractivity contribution in [1.29, 1.82) is 0 Å². The van der Waals surface area contributed by atoms with Crippen LogP contribution < -0.4 is 10.6 Å². The van der Waals surface area contributed by atoms with Crippen LogP contribution in [0.4, 0.5) is 10.2 Å². The third kappa shape index (κ3) is 3.69. The molecule has 0 saturated carbocycles. The Morgan fingerprint density at radius 1 is 1.20 bits per heavy atom. The van der Waals surface area contributed by atoms with Crippen LogP contribution in [0.1, 0.15) is 13.3 Å². The van der Waals surface area contributed by atoms with E-state index >= 15 is 0 Å². The average molecular weight is 340 g/mol. The van der Waals surface area contributed by atoms with Crippen molar-refractivity contribution in [2.75, 3.05) is 18.5 Å². The van der Waals surface area contributed by atoms with Crippen molar-refractivity contribution in [3.63, 3.8) is 0 Å². The fraction of sp³-hybridized carbons (Fsp3) is 0.263. The largest absolute Gasteiger partial charge is 0.507 e. The number of halogens is 1. The number of anilines is 1. The number of phenolic OH excluding ortho intramolecular Hbond substituents is 1. The molecule has 2 aromatic carbocycles. The van der Waals surface area contributed by atoms with Crippen molar-refractivity contribution < 1.29 is 9.50 Å². The van der Waals surface area contributed by atoms with Crippen molar-refractivity contribution in [3.05, 3.63) is 48.3 Å². The third-order valence-corrected chi connectivity index (χ3v) is 4.06. The van der Waals surface area contributed by atoms with E-state index in [9.17, 15) is 9.50 Å². The van der Waals surface area contributed by atoms with Gasteiger partial charge in [-0.3, -0.25) is 0 Å². The first-order valence-corrected chi connectivity index (χ1v) is 8.18. The Labute approximate surface area is 145 Å². The number of nitrogens with two attached hydrogens (primary N) is 1. The number of hydrogen-bond acceptors (Lipinski definition) is 5. The summed E-state index contributed by atoms with van der Waals surface area (Å²) >= 11 is 0. The lowest BCUT2D eigenvalue weighted by Crippen LogP contribution is -2.26. The molecule has 6 heteroatoms. The molecule has 0 saturated heterocycles. The van der Waals surface area contributed by atoms with E-state index in [1.807, 2.05) is 24.9 Å². The molecule has 3 rings (SSSR count). The monoisotopic (exact) mass is 340 g/mol. The topological polar surface area (TPSA) is 75.3 Å². The highest BCUT2D eigenvalue weighted by atomic mass is 19.1. The van der Waals surface area contributed by atoms with Crippen LogP contribution in [0, 0.1) is 5.82 Å². The van der Waals surface area contributed by atoms with Gasteiger partial charge in [-0.1, -0.05) is 12.1 Å². The van der Waals surface area contributed by atoms with Crippen LogP contribution in [0.15, 0.2) is 42.5 Å². The number of phenols is 1. The van der Waals surface area contributed by atoms with Crippen LogP contribution in [0.25, 0.3) is 22.3 Å². The summed E-state index contributed by atoms with van der Waals surface area (Å²) in [6.07, 6.45) is 0.781. The maximum Gasteiger partial charge on any atom is 0.165 e. The first-order chi connectivity index (χ1) is 12.0. The number of hydrogen-bond donors (Lipinski definition) is 2. The Kier molecular flexibility index (Phi) is 4.81. The summed E-state index contributed by atoms with van der Waals surface area (Å²) in [5.41, 5.74) is 7.00. The number of nitrogens with zero attached hydrogens (tertiary/aromatic N) is 3. The van der Waals surface area contributed by atoms with Gasteiger partial charge in [0.25, 0.3) is 0 Å². The van der Waals surface area contributed by atoms with E-state index in [0.717, 1.165) is 6.42 Å². The van der Waals surface area contributed by atoms with Gasteiger partial charge >= 0.3 is 0 Å². The molecular weight excluding hydrogens is 319 g/mol. The molecule has 0 fully saturated rings. The number of para-hydroxylation sites is 1. The van der Waals surface area contributed by atoms with E-state index < -0.39 is 0 Å². The molecule has 0 spiro atoms. The molecule has 3 N–H and O–H groups in total. The van der Waals surface area contributed by atoms with Crippen molar-refractivity contribution in [2.24, 2.45) is 5.73 Å². The number of rotatable bonds is 5. The molecular formula is C19H21FN4O. The van der Waals surface area contributed by atoms with Crippen LogP contribution in [0.5, 0.6) is 5.75 Å². The van der Waals surface area contributed by atoms with Gasteiger partial charge in [0, 0.05) is 25.0 Å². The molecule has 25 heavy (non-hydrogen) atoms. The van der Waals surface area contributed by atoms with E-state index in [-0.39, 0.29) is 17.6 Å². The van der Waals surface area contributed by atoms with Crippen LogP contribution in [0.3, 0.4) is 0 Å². The molecule has 0 aliphatic heterocycles. The maximum absolute atomic E-state index is 13.7. The zero-order valence-corrected chi connectivity index (χ0v) is 14.3. The van der Waals surface area contributed by atoms with E-state index in [2.05, 4.69) is 9.97 Å². The third-order valence-electron chi connectivity index (χ3n) is 4.06. The highest BCUT2D eigenvalue weighted by Crippen LogP contribution is 2.31. The highest BCUT2D eigenvalue weighted by Gasteiger charge is 2.15. The van der Waals surface area contributed by atoms with Crippen LogP contribution in [-0.4, -0.2) is 34.7 Å². The second kappa shape index (κ2) is 7.03. The second-order valence-corrected chi connectivity index (χ2v) is 6.24. The van der Waals surface area contributed by atoms with Crippen LogP contribution in [-0.2, 0) is 0 Å². The fourth-order valence-corrected chi connectivity index (χ4v) is 2.66. The smallest absolute Gasteiger partial charge is 0.165 e. The minimum absolute atomic E-state index is 0.0601. The van der Waals surface area contributed by atoms with Crippen LogP contribution >= 0.6 is 0 Å². The summed E-state index contributed by atoms with van der Waals surface area (Å²) in [7, 11) is 1.89. The normalized spacial score (nSPS) is 12.3. The van der Waals surface area contributed by atoms with Gasteiger partial charge in [0.15, 0.2) is 5.82 Å². The van der Waals surface area contributed by atoms with E-state index in [1.54, 1.807) is 24.3 Å². The Morgan fingerprint density at radius 3 is 2.68 bits per heavy atom. The lowest BCUT2D eigenvalue weighted by molar-refractivity contribution is 0.477. The molecule has 130 valence electrons. The summed E-state index contributed by atoms with van der Waals surface area (Å²) < 4.78 is 13.7. The highest BCUT2D eigenvalue weighted by molar-refractivity contribution is 5.91. The summed E-state index contributed by atoms with van der Waals surface area (Å²) in [6, 6.07) is 11.4. The molecule has 0 radical (unpaired) electrons. The first-order valence-electron chi connectivity index (χ1n) is 8.18. The predicted octanol–water partition coefficient (Wildman–Crippen LogP) is 3.32. The van der Waals surface area contributed by atoms with E-state index in [0.29, 0.717) is 34.7 Å². The lowest BCUT2D eigenvalue weighted by Gasteiger charge is -2.21. The summed E-state index contributed by atoms with van der Waals surface area (Å²) in [5, 5.41) is 10.7. The van der Waals surface area contributed by atoms with Gasteiger partial charge in [-0.2, -0.15) is 0 Å². The van der Waals surface area contributed by atoms with Gasteiger partial charge in [0.05, 0.1) is 11.1 Å². The average Bonchev–Trinajstić information content (AvgIpc) is 2.59. The molecule has 1 aromatic heterocycles.